The molecule has 2 fully saturated rings. The summed E-state index contributed by atoms with van der Waals surface area (Å²) in [5.41, 5.74) is -0.653. The molecular weight excluding hydrogens is 368 g/mol. The number of urea groups is 1. The maximum absolute atomic E-state index is 12.5. The van der Waals surface area contributed by atoms with E-state index in [2.05, 4.69) is 5.32 Å². The van der Waals surface area contributed by atoms with Crippen LogP contribution in [0, 0.1) is 0 Å². The lowest BCUT2D eigenvalue weighted by Gasteiger charge is -2.19. The van der Waals surface area contributed by atoms with Gasteiger partial charge in [0.15, 0.2) is 6.61 Å². The summed E-state index contributed by atoms with van der Waals surface area (Å²) in [5.74, 6) is -0.908. The Kier molecular flexibility index (Phi) is 5.53. The number of Topliss-reactive ketones (excluding diaryl/α,β-unsaturated/α-hetero) is 1. The Labute approximate surface area is 161 Å². The van der Waals surface area contributed by atoms with Crippen LogP contribution in [-0.2, 0) is 14.3 Å². The first kappa shape index (κ1) is 19.7. The molecule has 1 aliphatic heterocycles. The minimum atomic E-state index is -0.885. The molecule has 28 heavy (non-hydrogen) atoms. The molecule has 9 heteroatoms. The fraction of sp³-hybridized carbons (Fsp3) is 0.474. The van der Waals surface area contributed by atoms with Gasteiger partial charge in [0.25, 0.3) is 5.91 Å². The van der Waals surface area contributed by atoms with Gasteiger partial charge in [-0.25, -0.2) is 4.79 Å². The summed E-state index contributed by atoms with van der Waals surface area (Å²) in [7, 11) is 2.90. The number of benzene rings is 1. The molecule has 150 valence electrons. The van der Waals surface area contributed by atoms with Gasteiger partial charge < -0.3 is 19.5 Å². The molecule has 0 radical (unpaired) electrons. The van der Waals surface area contributed by atoms with E-state index in [-0.39, 0.29) is 11.3 Å². The predicted octanol–water partition coefficient (Wildman–Crippen LogP) is 1.29. The molecule has 0 atom stereocenters. The number of ketones is 1. The summed E-state index contributed by atoms with van der Waals surface area (Å²) in [4.78, 5) is 49.9. The zero-order valence-corrected chi connectivity index (χ0v) is 15.8. The lowest BCUT2D eigenvalue weighted by Crippen LogP contribution is -2.44. The highest BCUT2D eigenvalue weighted by molar-refractivity contribution is 6.09. The highest BCUT2D eigenvalue weighted by Gasteiger charge is 2.52. The van der Waals surface area contributed by atoms with E-state index in [9.17, 15) is 19.2 Å². The van der Waals surface area contributed by atoms with Crippen LogP contribution in [0.5, 0.6) is 11.5 Å². The molecule has 3 rings (SSSR count). The Morgan fingerprint density at radius 3 is 2.50 bits per heavy atom. The first-order valence-corrected chi connectivity index (χ1v) is 8.95. The molecule has 1 saturated heterocycles. The van der Waals surface area contributed by atoms with Crippen LogP contribution >= 0.6 is 0 Å². The molecule has 1 aliphatic carbocycles. The molecule has 3 amide bonds. The maximum Gasteiger partial charge on any atom is 0.326 e. The van der Waals surface area contributed by atoms with Crippen molar-refractivity contribution < 1.29 is 33.4 Å². The number of carbonyl (C=O) groups is 4. The molecule has 1 saturated carbocycles. The number of esters is 1. The Hall–Kier alpha value is -3.10. The topological polar surface area (TPSA) is 111 Å². The van der Waals surface area contributed by atoms with Crippen molar-refractivity contribution in [1.29, 1.82) is 0 Å². The minimum Gasteiger partial charge on any atom is -0.497 e. The zero-order chi connectivity index (χ0) is 20.3. The van der Waals surface area contributed by atoms with Gasteiger partial charge in [-0.1, -0.05) is 12.8 Å². The first-order chi connectivity index (χ1) is 13.4. The van der Waals surface area contributed by atoms with Gasteiger partial charge >= 0.3 is 12.0 Å². The summed E-state index contributed by atoms with van der Waals surface area (Å²) in [6.07, 6.45) is 2.84. The number of carbonyl (C=O) groups excluding carboxylic acids is 4. The van der Waals surface area contributed by atoms with Gasteiger partial charge in [-0.2, -0.15) is 0 Å². The molecule has 1 N–H and O–H groups in total. The van der Waals surface area contributed by atoms with Crippen LogP contribution in [0.3, 0.4) is 0 Å². The number of hydrogen-bond acceptors (Lipinski definition) is 7. The van der Waals surface area contributed by atoms with Gasteiger partial charge in [0.2, 0.25) is 5.78 Å². The van der Waals surface area contributed by atoms with Gasteiger partial charge in [-0.3, -0.25) is 19.3 Å². The van der Waals surface area contributed by atoms with E-state index in [0.29, 0.717) is 18.6 Å². The van der Waals surface area contributed by atoms with Crippen molar-refractivity contribution >= 4 is 23.7 Å². The number of amides is 3. The molecule has 0 unspecified atom stereocenters. The van der Waals surface area contributed by atoms with Gasteiger partial charge in [0.1, 0.15) is 23.6 Å². The van der Waals surface area contributed by atoms with Crippen molar-refractivity contribution in [2.75, 3.05) is 27.4 Å². The molecule has 0 aromatic heterocycles. The van der Waals surface area contributed by atoms with E-state index in [4.69, 9.17) is 14.2 Å². The summed E-state index contributed by atoms with van der Waals surface area (Å²) in [5, 5.41) is 2.69. The predicted molar refractivity (Wildman–Crippen MR) is 96.3 cm³/mol. The molecule has 1 spiro atoms. The zero-order valence-electron chi connectivity index (χ0n) is 15.8. The van der Waals surface area contributed by atoms with Gasteiger partial charge in [-0.05, 0) is 25.0 Å². The van der Waals surface area contributed by atoms with Crippen molar-refractivity contribution in [2.24, 2.45) is 0 Å². The van der Waals surface area contributed by atoms with E-state index >= 15 is 0 Å². The smallest absolute Gasteiger partial charge is 0.326 e. The highest BCUT2D eigenvalue weighted by Crippen LogP contribution is 2.35. The van der Waals surface area contributed by atoms with Crippen molar-refractivity contribution in [1.82, 2.24) is 10.2 Å². The summed E-state index contributed by atoms with van der Waals surface area (Å²) in [6, 6.07) is 4.04. The van der Waals surface area contributed by atoms with Gasteiger partial charge in [0, 0.05) is 6.07 Å². The summed E-state index contributed by atoms with van der Waals surface area (Å²) < 4.78 is 15.2. The van der Waals surface area contributed by atoms with Crippen LogP contribution in [0.1, 0.15) is 36.0 Å². The minimum absolute atomic E-state index is 0.232. The molecule has 0 bridgehead atoms. The molecular formula is C19H22N2O7. The Morgan fingerprint density at radius 1 is 1.14 bits per heavy atom. The van der Waals surface area contributed by atoms with Crippen molar-refractivity contribution in [2.45, 2.75) is 31.2 Å². The molecule has 9 nitrogen and oxygen atoms in total. The number of rotatable bonds is 7. The second-order valence-electron chi connectivity index (χ2n) is 6.76. The monoisotopic (exact) mass is 390 g/mol. The van der Waals surface area contributed by atoms with Gasteiger partial charge in [-0.15, -0.1) is 0 Å². The van der Waals surface area contributed by atoms with Crippen molar-refractivity contribution in [3.8, 4) is 11.5 Å². The number of hydrogen-bond donors (Lipinski definition) is 1. The van der Waals surface area contributed by atoms with E-state index in [1.807, 2.05) is 0 Å². The third kappa shape index (κ3) is 3.64. The van der Waals surface area contributed by atoms with E-state index in [1.165, 1.54) is 20.3 Å². The average Bonchev–Trinajstić information content (AvgIpc) is 3.26. The van der Waals surface area contributed by atoms with E-state index < -0.39 is 42.4 Å². The molecule has 1 aromatic carbocycles. The number of imide groups is 1. The average molecular weight is 390 g/mol. The lowest BCUT2D eigenvalue weighted by molar-refractivity contribution is -0.146. The fourth-order valence-corrected chi connectivity index (χ4v) is 3.56. The van der Waals surface area contributed by atoms with Crippen LogP contribution in [0.4, 0.5) is 4.79 Å². The largest absolute Gasteiger partial charge is 0.497 e. The second-order valence-corrected chi connectivity index (χ2v) is 6.76. The normalized spacial score (nSPS) is 17.6. The van der Waals surface area contributed by atoms with Crippen LogP contribution < -0.4 is 14.8 Å². The first-order valence-electron chi connectivity index (χ1n) is 8.95. The SMILES string of the molecule is COc1ccc(C(=O)COC(=O)CN2C(=O)NC3(CCCC3)C2=O)c(OC)c1. The quantitative estimate of drug-likeness (QED) is 0.424. The second kappa shape index (κ2) is 7.87. The third-order valence-electron chi connectivity index (χ3n) is 5.06. The fourth-order valence-electron chi connectivity index (χ4n) is 3.56. The van der Waals surface area contributed by atoms with E-state index in [0.717, 1.165) is 17.7 Å². The van der Waals surface area contributed by atoms with Gasteiger partial charge in [0.05, 0.1) is 19.8 Å². The summed E-state index contributed by atoms with van der Waals surface area (Å²) >= 11 is 0. The number of nitrogens with zero attached hydrogens (tertiary/aromatic N) is 1. The summed E-state index contributed by atoms with van der Waals surface area (Å²) in [6.45, 7) is -1.06. The van der Waals surface area contributed by atoms with Crippen LogP contribution in [-0.4, -0.2) is 61.5 Å². The molecule has 1 heterocycles. The standard InChI is InChI=1S/C19H22N2O7/c1-26-12-5-6-13(15(9-12)27-2)14(22)11-28-16(23)10-21-17(24)19(20-18(21)25)7-3-4-8-19/h5-6,9H,3-4,7-8,10-11H2,1-2H3,(H,20,25). The lowest BCUT2D eigenvalue weighted by atomic mass is 9.98. The number of ether oxygens (including phenoxy) is 3. The van der Waals surface area contributed by atoms with Crippen LogP contribution in [0.15, 0.2) is 18.2 Å². The highest BCUT2D eigenvalue weighted by atomic mass is 16.5. The van der Waals surface area contributed by atoms with E-state index in [1.54, 1.807) is 12.1 Å². The van der Waals surface area contributed by atoms with Crippen molar-refractivity contribution in [3.63, 3.8) is 0 Å². The molecule has 2 aliphatic rings. The maximum atomic E-state index is 12.5. The van der Waals surface area contributed by atoms with Crippen LogP contribution in [0.25, 0.3) is 0 Å². The van der Waals surface area contributed by atoms with Crippen LogP contribution in [0.2, 0.25) is 0 Å². The Morgan fingerprint density at radius 2 is 1.86 bits per heavy atom. The number of methoxy groups -OCH3 is 2. The Bertz CT molecular complexity index is 815. The van der Waals surface area contributed by atoms with Crippen molar-refractivity contribution in [3.05, 3.63) is 23.8 Å². The number of nitrogens with one attached hydrogen (secondary N) is 1. The Balaban J connectivity index is 1.58. The third-order valence-corrected chi connectivity index (χ3v) is 5.06. The molecule has 1 aromatic rings.